The number of imidazole rings is 1. The van der Waals surface area contributed by atoms with Crippen molar-refractivity contribution in [3.8, 4) is 11.1 Å². The molecule has 188 valence electrons. The molecule has 0 aliphatic heterocycles. The molecule has 3 heterocycles. The van der Waals surface area contributed by atoms with Crippen molar-refractivity contribution in [3.05, 3.63) is 113 Å². The number of carbonyl (C=O) groups excluding carboxylic acids is 1. The van der Waals surface area contributed by atoms with E-state index in [4.69, 9.17) is 11.6 Å². The SMILES string of the molecule is CC(=O)NC(c1ccc(F)cc1)(c1ccc2c(c1)c(-c1cccc(Cl)c1)cc1nnnn12)c1cncn1C. The lowest BCUT2D eigenvalue weighted by atomic mass is 9.79. The predicted molar refractivity (Wildman–Crippen MR) is 142 cm³/mol. The van der Waals surface area contributed by atoms with Crippen LogP contribution < -0.4 is 5.32 Å². The second kappa shape index (κ2) is 9.04. The number of aryl methyl sites for hydroxylation is 1. The number of tetrazole rings is 1. The Morgan fingerprint density at radius 1 is 1.03 bits per heavy atom. The number of halogens is 2. The van der Waals surface area contributed by atoms with E-state index in [-0.39, 0.29) is 11.7 Å². The first-order valence-electron chi connectivity index (χ1n) is 11.8. The smallest absolute Gasteiger partial charge is 0.218 e. The average Bonchev–Trinajstić information content (AvgIpc) is 3.56. The molecule has 0 radical (unpaired) electrons. The standard InChI is InChI=1S/C28H21ClFN7O/c1-17(38)32-28(26-15-31-16-36(26)2,19-6-9-22(30)10-7-19)20-8-11-25-24(13-20)23(14-27-33-34-35-37(25)27)18-4-3-5-21(29)12-18/h3-16H,1-2H3,(H,32,38). The summed E-state index contributed by atoms with van der Waals surface area (Å²) in [6.45, 7) is 1.46. The van der Waals surface area contributed by atoms with Crippen molar-refractivity contribution in [2.75, 3.05) is 0 Å². The van der Waals surface area contributed by atoms with Gasteiger partial charge < -0.3 is 9.88 Å². The van der Waals surface area contributed by atoms with Gasteiger partial charge in [0.15, 0.2) is 5.65 Å². The van der Waals surface area contributed by atoms with Crippen molar-refractivity contribution in [1.29, 1.82) is 0 Å². The monoisotopic (exact) mass is 525 g/mol. The van der Waals surface area contributed by atoms with Crippen LogP contribution >= 0.6 is 11.6 Å². The molecule has 1 atom stereocenters. The highest BCUT2D eigenvalue weighted by Gasteiger charge is 2.40. The largest absolute Gasteiger partial charge is 0.337 e. The van der Waals surface area contributed by atoms with Crippen LogP contribution in [-0.2, 0) is 17.4 Å². The molecule has 3 aromatic carbocycles. The molecule has 0 aliphatic rings. The van der Waals surface area contributed by atoms with Gasteiger partial charge in [0.2, 0.25) is 5.91 Å². The van der Waals surface area contributed by atoms with E-state index in [1.807, 2.05) is 60.1 Å². The minimum Gasteiger partial charge on any atom is -0.337 e. The van der Waals surface area contributed by atoms with Crippen LogP contribution in [0.1, 0.15) is 23.7 Å². The number of amides is 1. The van der Waals surface area contributed by atoms with Gasteiger partial charge in [0, 0.05) is 24.4 Å². The van der Waals surface area contributed by atoms with E-state index in [0.717, 1.165) is 27.6 Å². The zero-order valence-corrected chi connectivity index (χ0v) is 21.2. The number of benzene rings is 3. The fraction of sp³-hybridized carbons (Fsp3) is 0.107. The normalized spacial score (nSPS) is 13.1. The predicted octanol–water partition coefficient (Wildman–Crippen LogP) is 4.90. The molecule has 0 aliphatic carbocycles. The van der Waals surface area contributed by atoms with Gasteiger partial charge in [-0.3, -0.25) is 4.79 Å². The summed E-state index contributed by atoms with van der Waals surface area (Å²) in [6.07, 6.45) is 3.37. The molecule has 1 unspecified atom stereocenters. The molecule has 8 nitrogen and oxygen atoms in total. The summed E-state index contributed by atoms with van der Waals surface area (Å²) in [5.41, 5.74) is 4.04. The van der Waals surface area contributed by atoms with Crippen molar-refractivity contribution in [3.63, 3.8) is 0 Å². The van der Waals surface area contributed by atoms with Crippen LogP contribution in [0.2, 0.25) is 5.02 Å². The Morgan fingerprint density at radius 3 is 2.53 bits per heavy atom. The van der Waals surface area contributed by atoms with Crippen molar-refractivity contribution in [2.45, 2.75) is 12.5 Å². The third-order valence-electron chi connectivity index (χ3n) is 6.69. The minimum absolute atomic E-state index is 0.262. The number of pyridine rings is 1. The Balaban J connectivity index is 1.72. The number of nitrogens with one attached hydrogen (secondary N) is 1. The quantitative estimate of drug-likeness (QED) is 0.346. The van der Waals surface area contributed by atoms with Crippen LogP contribution in [0.4, 0.5) is 4.39 Å². The van der Waals surface area contributed by atoms with Crippen molar-refractivity contribution in [1.82, 2.24) is 34.9 Å². The van der Waals surface area contributed by atoms with Gasteiger partial charge in [-0.1, -0.05) is 41.9 Å². The highest BCUT2D eigenvalue weighted by molar-refractivity contribution is 6.30. The molecule has 10 heteroatoms. The van der Waals surface area contributed by atoms with E-state index in [2.05, 4.69) is 25.8 Å². The second-order valence-electron chi connectivity index (χ2n) is 9.08. The van der Waals surface area contributed by atoms with Crippen LogP contribution in [0.3, 0.4) is 0 Å². The van der Waals surface area contributed by atoms with E-state index in [1.165, 1.54) is 19.1 Å². The highest BCUT2D eigenvalue weighted by Crippen LogP contribution is 2.40. The van der Waals surface area contributed by atoms with E-state index >= 15 is 0 Å². The summed E-state index contributed by atoms with van der Waals surface area (Å²) in [7, 11) is 1.85. The first kappa shape index (κ1) is 23.7. The second-order valence-corrected chi connectivity index (χ2v) is 9.51. The summed E-state index contributed by atoms with van der Waals surface area (Å²) >= 11 is 6.35. The van der Waals surface area contributed by atoms with Gasteiger partial charge in [-0.25, -0.2) is 9.37 Å². The maximum absolute atomic E-state index is 14.0. The molecular formula is C28H21ClFN7O. The molecule has 1 N–H and O–H groups in total. The molecule has 0 spiro atoms. The molecule has 0 saturated carbocycles. The highest BCUT2D eigenvalue weighted by atomic mass is 35.5. The van der Waals surface area contributed by atoms with E-state index in [0.29, 0.717) is 21.9 Å². The van der Waals surface area contributed by atoms with Crippen LogP contribution in [0.5, 0.6) is 0 Å². The summed E-state index contributed by atoms with van der Waals surface area (Å²) in [6, 6.07) is 21.4. The number of carbonyl (C=O) groups is 1. The summed E-state index contributed by atoms with van der Waals surface area (Å²) < 4.78 is 17.5. The number of rotatable bonds is 5. The Hall–Kier alpha value is -4.63. The Labute approximate surface area is 221 Å². The van der Waals surface area contributed by atoms with Gasteiger partial charge in [-0.2, -0.15) is 4.52 Å². The maximum atomic E-state index is 14.0. The number of aromatic nitrogens is 6. The molecule has 38 heavy (non-hydrogen) atoms. The number of nitrogens with zero attached hydrogens (tertiary/aromatic N) is 6. The number of fused-ring (bicyclic) bond motifs is 3. The zero-order chi connectivity index (χ0) is 26.4. The Kier molecular flexibility index (Phi) is 5.65. The van der Waals surface area contributed by atoms with Gasteiger partial charge in [0.05, 0.1) is 23.7 Å². The van der Waals surface area contributed by atoms with Gasteiger partial charge in [-0.05, 0) is 75.1 Å². The van der Waals surface area contributed by atoms with E-state index in [9.17, 15) is 9.18 Å². The fourth-order valence-corrected chi connectivity index (χ4v) is 5.27. The lowest BCUT2D eigenvalue weighted by Gasteiger charge is -2.36. The van der Waals surface area contributed by atoms with Gasteiger partial charge in [0.1, 0.15) is 11.4 Å². The van der Waals surface area contributed by atoms with Crippen molar-refractivity contribution < 1.29 is 9.18 Å². The first-order chi connectivity index (χ1) is 18.4. The molecule has 6 rings (SSSR count). The van der Waals surface area contributed by atoms with Crippen molar-refractivity contribution >= 4 is 34.1 Å². The maximum Gasteiger partial charge on any atom is 0.218 e. The third kappa shape index (κ3) is 3.79. The molecule has 0 fully saturated rings. The number of hydrogen-bond acceptors (Lipinski definition) is 5. The average molecular weight is 526 g/mol. The first-order valence-corrected chi connectivity index (χ1v) is 12.2. The van der Waals surface area contributed by atoms with E-state index < -0.39 is 5.54 Å². The topological polar surface area (TPSA) is 90.0 Å². The minimum atomic E-state index is -1.18. The van der Waals surface area contributed by atoms with Crippen LogP contribution in [0.15, 0.2) is 85.3 Å². The fourth-order valence-electron chi connectivity index (χ4n) is 5.08. The number of hydrogen-bond donors (Lipinski definition) is 1. The summed E-state index contributed by atoms with van der Waals surface area (Å²) in [5, 5.41) is 16.8. The summed E-state index contributed by atoms with van der Waals surface area (Å²) in [5.74, 6) is -0.639. The van der Waals surface area contributed by atoms with E-state index in [1.54, 1.807) is 29.2 Å². The molecule has 0 saturated heterocycles. The van der Waals surface area contributed by atoms with Gasteiger partial charge >= 0.3 is 0 Å². The van der Waals surface area contributed by atoms with Crippen LogP contribution in [-0.4, -0.2) is 35.5 Å². The Morgan fingerprint density at radius 2 is 1.82 bits per heavy atom. The van der Waals surface area contributed by atoms with Gasteiger partial charge in [-0.15, -0.1) is 5.10 Å². The summed E-state index contributed by atoms with van der Waals surface area (Å²) in [4.78, 5) is 17.1. The lowest BCUT2D eigenvalue weighted by Crippen LogP contribution is -2.48. The molecule has 6 aromatic rings. The molecule has 0 bridgehead atoms. The third-order valence-corrected chi connectivity index (χ3v) is 6.93. The van der Waals surface area contributed by atoms with Crippen LogP contribution in [0, 0.1) is 5.82 Å². The molecule has 1 amide bonds. The zero-order valence-electron chi connectivity index (χ0n) is 20.4. The molecule has 3 aromatic heterocycles. The molecular weight excluding hydrogens is 505 g/mol. The Bertz CT molecular complexity index is 1830. The van der Waals surface area contributed by atoms with Crippen molar-refractivity contribution in [2.24, 2.45) is 7.05 Å². The van der Waals surface area contributed by atoms with Gasteiger partial charge in [0.25, 0.3) is 0 Å². The van der Waals surface area contributed by atoms with Crippen LogP contribution in [0.25, 0.3) is 27.7 Å². The lowest BCUT2D eigenvalue weighted by molar-refractivity contribution is -0.120.